The van der Waals surface area contributed by atoms with Gasteiger partial charge in [0.1, 0.15) is 5.01 Å². The number of hydrogen-bond acceptors (Lipinski definition) is 5. The molecule has 1 aromatic rings. The Balaban J connectivity index is 1.67. The Kier molecular flexibility index (Phi) is 5.71. The summed E-state index contributed by atoms with van der Waals surface area (Å²) in [5, 5.41) is 22.2. The molecule has 2 N–H and O–H groups in total. The van der Waals surface area contributed by atoms with Crippen LogP contribution in [0.5, 0.6) is 0 Å². The predicted molar refractivity (Wildman–Crippen MR) is 96.5 cm³/mol. The van der Waals surface area contributed by atoms with Crippen LogP contribution >= 0.6 is 11.3 Å². The number of amides is 1. The third kappa shape index (κ3) is 4.57. The second kappa shape index (κ2) is 7.81. The molecule has 2 aliphatic carbocycles. The van der Waals surface area contributed by atoms with Crippen LogP contribution in [-0.4, -0.2) is 27.2 Å². The molecule has 1 atom stereocenters. The smallest absolute Gasteiger partial charge is 0.306 e. The number of aromatic nitrogens is 2. The molecular formula is C18H27N3O3S. The summed E-state index contributed by atoms with van der Waals surface area (Å²) < 4.78 is 0. The van der Waals surface area contributed by atoms with Crippen molar-refractivity contribution in [2.24, 2.45) is 17.3 Å². The SMILES string of the molecule is CCC[C@H](CC1(C(=O)Nc2nnc(CC3CC3)s2)CCCC1)C(=O)O. The van der Waals surface area contributed by atoms with Gasteiger partial charge in [0.15, 0.2) is 0 Å². The lowest BCUT2D eigenvalue weighted by Crippen LogP contribution is -2.37. The lowest BCUT2D eigenvalue weighted by molar-refractivity contribution is -0.144. The summed E-state index contributed by atoms with van der Waals surface area (Å²) in [5.41, 5.74) is -0.569. The highest BCUT2D eigenvalue weighted by Crippen LogP contribution is 2.45. The number of hydrogen-bond donors (Lipinski definition) is 2. The highest BCUT2D eigenvalue weighted by atomic mass is 32.1. The average molecular weight is 365 g/mol. The first kappa shape index (κ1) is 18.3. The minimum atomic E-state index is -0.788. The monoisotopic (exact) mass is 365 g/mol. The van der Waals surface area contributed by atoms with Crippen molar-refractivity contribution < 1.29 is 14.7 Å². The third-order valence-electron chi connectivity index (χ3n) is 5.51. The number of carbonyl (C=O) groups excluding carboxylic acids is 1. The summed E-state index contributed by atoms with van der Waals surface area (Å²) >= 11 is 1.45. The van der Waals surface area contributed by atoms with Gasteiger partial charge in [-0.3, -0.25) is 9.59 Å². The van der Waals surface area contributed by atoms with E-state index in [0.717, 1.165) is 49.5 Å². The minimum absolute atomic E-state index is 0.0681. The fraction of sp³-hybridized carbons (Fsp3) is 0.778. The van der Waals surface area contributed by atoms with Crippen LogP contribution in [0.4, 0.5) is 5.13 Å². The molecule has 0 aromatic carbocycles. The van der Waals surface area contributed by atoms with Crippen molar-refractivity contribution in [3.05, 3.63) is 5.01 Å². The van der Waals surface area contributed by atoms with Crippen molar-refractivity contribution in [3.8, 4) is 0 Å². The maximum Gasteiger partial charge on any atom is 0.306 e. The Morgan fingerprint density at radius 3 is 2.64 bits per heavy atom. The van der Waals surface area contributed by atoms with E-state index in [4.69, 9.17) is 0 Å². The molecule has 7 heteroatoms. The Morgan fingerprint density at radius 1 is 1.32 bits per heavy atom. The second-order valence-electron chi connectivity index (χ2n) is 7.62. The molecule has 2 saturated carbocycles. The first-order valence-electron chi connectivity index (χ1n) is 9.39. The van der Waals surface area contributed by atoms with E-state index < -0.39 is 17.3 Å². The number of carboxylic acid groups (broad SMARTS) is 1. The van der Waals surface area contributed by atoms with E-state index in [1.54, 1.807) is 0 Å². The van der Waals surface area contributed by atoms with Gasteiger partial charge in [0.05, 0.1) is 11.3 Å². The molecule has 6 nitrogen and oxygen atoms in total. The molecule has 1 amide bonds. The van der Waals surface area contributed by atoms with Crippen LogP contribution in [0.25, 0.3) is 0 Å². The lowest BCUT2D eigenvalue weighted by atomic mass is 9.75. The summed E-state index contributed by atoms with van der Waals surface area (Å²) in [7, 11) is 0. The number of carbonyl (C=O) groups is 2. The molecule has 25 heavy (non-hydrogen) atoms. The topological polar surface area (TPSA) is 92.2 Å². The lowest BCUT2D eigenvalue weighted by Gasteiger charge is -2.29. The number of anilines is 1. The standard InChI is InChI=1S/C18H27N3O3S/c1-2-5-13(15(22)23)11-18(8-3-4-9-18)16(24)19-17-21-20-14(25-17)10-12-6-7-12/h12-13H,2-11H2,1H3,(H,22,23)(H,19,21,24)/t13-/m1/s1. The van der Waals surface area contributed by atoms with Gasteiger partial charge < -0.3 is 10.4 Å². The summed E-state index contributed by atoms with van der Waals surface area (Å²) in [4.78, 5) is 24.5. The molecule has 0 bridgehead atoms. The minimum Gasteiger partial charge on any atom is -0.481 e. The van der Waals surface area contributed by atoms with Gasteiger partial charge in [-0.1, -0.05) is 37.5 Å². The van der Waals surface area contributed by atoms with Gasteiger partial charge in [-0.25, -0.2) is 0 Å². The van der Waals surface area contributed by atoms with Gasteiger partial charge >= 0.3 is 5.97 Å². The molecule has 0 radical (unpaired) electrons. The summed E-state index contributed by atoms with van der Waals surface area (Å²) in [6.07, 6.45) is 8.83. The summed E-state index contributed by atoms with van der Waals surface area (Å²) in [6, 6.07) is 0. The highest BCUT2D eigenvalue weighted by molar-refractivity contribution is 7.15. The number of nitrogens with one attached hydrogen (secondary N) is 1. The average Bonchev–Trinajstić information content (AvgIpc) is 3.07. The van der Waals surface area contributed by atoms with E-state index in [2.05, 4.69) is 15.5 Å². The molecule has 0 aliphatic heterocycles. The fourth-order valence-electron chi connectivity index (χ4n) is 3.89. The molecule has 1 aromatic heterocycles. The Labute approximate surface area is 152 Å². The molecule has 2 aliphatic rings. The zero-order valence-corrected chi connectivity index (χ0v) is 15.6. The number of nitrogens with zero attached hydrogens (tertiary/aromatic N) is 2. The second-order valence-corrected chi connectivity index (χ2v) is 8.68. The highest BCUT2D eigenvalue weighted by Gasteiger charge is 2.44. The zero-order chi connectivity index (χ0) is 17.9. The van der Waals surface area contributed by atoms with Crippen LogP contribution < -0.4 is 5.32 Å². The number of carboxylic acids is 1. The Bertz CT molecular complexity index is 621. The largest absolute Gasteiger partial charge is 0.481 e. The number of aliphatic carboxylic acids is 1. The summed E-state index contributed by atoms with van der Waals surface area (Å²) in [6.45, 7) is 1.99. The van der Waals surface area contributed by atoms with Gasteiger partial charge in [-0.05, 0) is 44.4 Å². The quantitative estimate of drug-likeness (QED) is 0.693. The van der Waals surface area contributed by atoms with E-state index >= 15 is 0 Å². The van der Waals surface area contributed by atoms with E-state index in [9.17, 15) is 14.7 Å². The van der Waals surface area contributed by atoms with E-state index in [0.29, 0.717) is 18.0 Å². The fourth-order valence-corrected chi connectivity index (χ4v) is 4.74. The van der Waals surface area contributed by atoms with Gasteiger partial charge in [0, 0.05) is 6.42 Å². The maximum atomic E-state index is 13.0. The Hall–Kier alpha value is -1.50. The van der Waals surface area contributed by atoms with Crippen LogP contribution in [0.3, 0.4) is 0 Å². The molecule has 1 heterocycles. The molecule has 3 rings (SSSR count). The normalized spacial score (nSPS) is 20.4. The van der Waals surface area contributed by atoms with E-state index in [1.807, 2.05) is 6.92 Å². The predicted octanol–water partition coefficient (Wildman–Crippen LogP) is 3.88. The van der Waals surface area contributed by atoms with Crippen molar-refractivity contribution in [2.75, 3.05) is 5.32 Å². The zero-order valence-electron chi connectivity index (χ0n) is 14.8. The van der Waals surface area contributed by atoms with Crippen molar-refractivity contribution in [2.45, 2.75) is 71.1 Å². The summed E-state index contributed by atoms with van der Waals surface area (Å²) in [5.74, 6) is -0.568. The molecule has 138 valence electrons. The molecule has 0 spiro atoms. The van der Waals surface area contributed by atoms with Crippen LogP contribution in [0.2, 0.25) is 0 Å². The van der Waals surface area contributed by atoms with Crippen molar-refractivity contribution >= 4 is 28.3 Å². The Morgan fingerprint density at radius 2 is 2.04 bits per heavy atom. The first-order valence-corrected chi connectivity index (χ1v) is 10.2. The first-order chi connectivity index (χ1) is 12.0. The van der Waals surface area contributed by atoms with Crippen LogP contribution in [0.15, 0.2) is 0 Å². The molecule has 0 unspecified atom stereocenters. The molecule has 0 saturated heterocycles. The van der Waals surface area contributed by atoms with Crippen LogP contribution in [-0.2, 0) is 16.0 Å². The van der Waals surface area contributed by atoms with Crippen molar-refractivity contribution in [1.29, 1.82) is 0 Å². The molecule has 2 fully saturated rings. The van der Waals surface area contributed by atoms with Gasteiger partial charge in [0.2, 0.25) is 11.0 Å². The van der Waals surface area contributed by atoms with Crippen LogP contribution in [0.1, 0.15) is 69.7 Å². The van der Waals surface area contributed by atoms with Crippen molar-refractivity contribution in [1.82, 2.24) is 10.2 Å². The van der Waals surface area contributed by atoms with E-state index in [1.165, 1.54) is 24.2 Å². The van der Waals surface area contributed by atoms with Gasteiger partial charge in [0.25, 0.3) is 0 Å². The van der Waals surface area contributed by atoms with E-state index in [-0.39, 0.29) is 5.91 Å². The third-order valence-corrected chi connectivity index (χ3v) is 6.37. The molecular weight excluding hydrogens is 338 g/mol. The van der Waals surface area contributed by atoms with Gasteiger partial charge in [-0.15, -0.1) is 10.2 Å². The number of rotatable bonds is 9. The van der Waals surface area contributed by atoms with Crippen molar-refractivity contribution in [3.63, 3.8) is 0 Å². The van der Waals surface area contributed by atoms with Crippen LogP contribution in [0, 0.1) is 17.3 Å². The maximum absolute atomic E-state index is 13.0. The van der Waals surface area contributed by atoms with Gasteiger partial charge in [-0.2, -0.15) is 0 Å².